The third-order valence-corrected chi connectivity index (χ3v) is 3.19. The highest BCUT2D eigenvalue weighted by Crippen LogP contribution is 2.25. The molecule has 0 saturated carbocycles. The standard InChI is InChI=1S/C20H26O9/c1-14(2)17(22)27-19(26-13-12-25-11-10-21)20(24,29-18(23)15(3)4)28-16-8-6-5-7-9-16/h5-9,19,21,24H,1,3,10-13H2,2,4H3. The number of esters is 2. The molecule has 2 unspecified atom stereocenters. The summed E-state index contributed by atoms with van der Waals surface area (Å²) in [6.07, 6.45) is -1.88. The number of carbonyl (C=O) groups is 2. The van der Waals surface area contributed by atoms with Crippen LogP contribution in [-0.4, -0.2) is 60.8 Å². The van der Waals surface area contributed by atoms with Gasteiger partial charge in [0.1, 0.15) is 5.75 Å². The third-order valence-electron chi connectivity index (χ3n) is 3.19. The van der Waals surface area contributed by atoms with Crippen LogP contribution < -0.4 is 4.74 Å². The highest BCUT2D eigenvalue weighted by Gasteiger charge is 2.49. The van der Waals surface area contributed by atoms with Crippen LogP contribution in [0.1, 0.15) is 13.8 Å². The molecule has 29 heavy (non-hydrogen) atoms. The fourth-order valence-electron chi connectivity index (χ4n) is 1.79. The van der Waals surface area contributed by atoms with Gasteiger partial charge in [-0.15, -0.1) is 0 Å². The van der Waals surface area contributed by atoms with Crippen molar-refractivity contribution >= 4 is 11.9 Å². The molecule has 2 atom stereocenters. The largest absolute Gasteiger partial charge is 0.438 e. The first-order valence-electron chi connectivity index (χ1n) is 8.71. The summed E-state index contributed by atoms with van der Waals surface area (Å²) in [6.45, 7) is 9.35. The van der Waals surface area contributed by atoms with E-state index in [2.05, 4.69) is 13.2 Å². The summed E-state index contributed by atoms with van der Waals surface area (Å²) in [4.78, 5) is 24.1. The number of hydrogen-bond acceptors (Lipinski definition) is 9. The molecule has 9 nitrogen and oxygen atoms in total. The van der Waals surface area contributed by atoms with Crippen LogP contribution in [0, 0.1) is 0 Å². The zero-order valence-corrected chi connectivity index (χ0v) is 16.5. The zero-order chi connectivity index (χ0) is 21.9. The Labute approximate surface area is 169 Å². The van der Waals surface area contributed by atoms with Gasteiger partial charge in [-0.2, -0.15) is 0 Å². The first-order valence-corrected chi connectivity index (χ1v) is 8.71. The van der Waals surface area contributed by atoms with Crippen molar-refractivity contribution in [3.05, 3.63) is 54.6 Å². The number of aliphatic hydroxyl groups is 2. The molecule has 0 aromatic heterocycles. The van der Waals surface area contributed by atoms with Crippen molar-refractivity contribution < 1.29 is 43.5 Å². The van der Waals surface area contributed by atoms with E-state index in [1.54, 1.807) is 18.2 Å². The first-order chi connectivity index (χ1) is 13.7. The fourth-order valence-corrected chi connectivity index (χ4v) is 1.79. The van der Waals surface area contributed by atoms with Gasteiger partial charge in [0.05, 0.1) is 26.4 Å². The van der Waals surface area contributed by atoms with Crippen LogP contribution in [0.25, 0.3) is 0 Å². The Morgan fingerprint density at radius 3 is 2.21 bits per heavy atom. The van der Waals surface area contributed by atoms with E-state index >= 15 is 0 Å². The van der Waals surface area contributed by atoms with Crippen LogP contribution in [0.2, 0.25) is 0 Å². The van der Waals surface area contributed by atoms with E-state index in [-0.39, 0.29) is 43.3 Å². The number of para-hydroxylation sites is 1. The van der Waals surface area contributed by atoms with Gasteiger partial charge in [0.25, 0.3) is 0 Å². The molecule has 0 saturated heterocycles. The van der Waals surface area contributed by atoms with Crippen LogP contribution >= 0.6 is 0 Å². The number of rotatable bonds is 13. The molecule has 0 radical (unpaired) electrons. The molecule has 0 amide bonds. The average molecular weight is 410 g/mol. The van der Waals surface area contributed by atoms with Gasteiger partial charge < -0.3 is 33.9 Å². The molecular weight excluding hydrogens is 384 g/mol. The minimum Gasteiger partial charge on any atom is -0.425 e. The first kappa shape index (κ1) is 24.3. The second kappa shape index (κ2) is 12.0. The van der Waals surface area contributed by atoms with Crippen LogP contribution in [0.15, 0.2) is 54.6 Å². The molecular formula is C20H26O9. The van der Waals surface area contributed by atoms with E-state index in [1.165, 1.54) is 26.0 Å². The SMILES string of the molecule is C=C(C)C(=O)OC(OCCOCCO)C(O)(OC(=O)C(=C)C)Oc1ccccc1. The number of carbonyl (C=O) groups excluding carboxylic acids is 2. The van der Waals surface area contributed by atoms with Crippen LogP contribution in [0.3, 0.4) is 0 Å². The Bertz CT molecular complexity index is 701. The van der Waals surface area contributed by atoms with Gasteiger partial charge in [-0.3, -0.25) is 0 Å². The summed E-state index contributed by atoms with van der Waals surface area (Å²) in [5, 5.41) is 19.7. The van der Waals surface area contributed by atoms with Gasteiger partial charge in [0.15, 0.2) is 0 Å². The molecule has 0 heterocycles. The highest BCUT2D eigenvalue weighted by molar-refractivity contribution is 5.88. The second-order valence-corrected chi connectivity index (χ2v) is 5.94. The molecule has 160 valence electrons. The van der Waals surface area contributed by atoms with E-state index in [0.717, 1.165) is 0 Å². The predicted octanol–water partition coefficient (Wildman–Crippen LogP) is 1.30. The van der Waals surface area contributed by atoms with Crippen molar-refractivity contribution in [3.63, 3.8) is 0 Å². The van der Waals surface area contributed by atoms with Gasteiger partial charge in [0, 0.05) is 11.1 Å². The minimum atomic E-state index is -2.83. The maximum Gasteiger partial charge on any atom is 0.438 e. The van der Waals surface area contributed by atoms with Crippen molar-refractivity contribution in [2.45, 2.75) is 26.1 Å². The molecule has 0 bridgehead atoms. The van der Waals surface area contributed by atoms with Crippen LogP contribution in [0.5, 0.6) is 5.75 Å². The third kappa shape index (κ3) is 8.44. The van der Waals surface area contributed by atoms with E-state index in [1.807, 2.05) is 0 Å². The lowest BCUT2D eigenvalue weighted by molar-refractivity contribution is -0.390. The topological polar surface area (TPSA) is 121 Å². The number of aliphatic hydroxyl groups excluding tert-OH is 1. The zero-order valence-electron chi connectivity index (χ0n) is 16.5. The molecule has 1 aromatic carbocycles. The van der Waals surface area contributed by atoms with E-state index in [9.17, 15) is 14.7 Å². The van der Waals surface area contributed by atoms with Crippen LogP contribution in [-0.2, 0) is 28.5 Å². The molecule has 0 aliphatic rings. The lowest BCUT2D eigenvalue weighted by atomic mass is 10.3. The second-order valence-electron chi connectivity index (χ2n) is 5.94. The summed E-state index contributed by atoms with van der Waals surface area (Å²) in [6, 6.07) is 7.92. The lowest BCUT2D eigenvalue weighted by Crippen LogP contribution is -2.55. The van der Waals surface area contributed by atoms with Gasteiger partial charge >= 0.3 is 24.2 Å². The van der Waals surface area contributed by atoms with E-state index in [4.69, 9.17) is 28.8 Å². The molecule has 0 fully saturated rings. The highest BCUT2D eigenvalue weighted by atomic mass is 16.9. The minimum absolute atomic E-state index is 0.00245. The molecule has 9 heteroatoms. The normalized spacial score (nSPS) is 13.7. The van der Waals surface area contributed by atoms with Gasteiger partial charge in [-0.1, -0.05) is 31.4 Å². The Morgan fingerprint density at radius 1 is 1.03 bits per heavy atom. The maximum absolute atomic E-state index is 12.1. The number of ether oxygens (including phenoxy) is 5. The quantitative estimate of drug-likeness (QED) is 0.214. The molecule has 1 aromatic rings. The molecule has 0 aliphatic heterocycles. The summed E-state index contributed by atoms with van der Waals surface area (Å²) in [7, 11) is 0. The molecule has 0 aliphatic carbocycles. The molecule has 1 rings (SSSR count). The van der Waals surface area contributed by atoms with Crippen molar-refractivity contribution in [1.29, 1.82) is 0 Å². The Balaban J connectivity index is 3.12. The average Bonchev–Trinajstić information content (AvgIpc) is 2.67. The van der Waals surface area contributed by atoms with Crippen molar-refractivity contribution in [2.75, 3.05) is 26.4 Å². The Morgan fingerprint density at radius 2 is 1.66 bits per heavy atom. The van der Waals surface area contributed by atoms with E-state index in [0.29, 0.717) is 0 Å². The monoisotopic (exact) mass is 410 g/mol. The summed E-state index contributed by atoms with van der Waals surface area (Å²) >= 11 is 0. The van der Waals surface area contributed by atoms with Gasteiger partial charge in [-0.05, 0) is 26.0 Å². The molecule has 0 spiro atoms. The van der Waals surface area contributed by atoms with Gasteiger partial charge in [-0.25, -0.2) is 9.59 Å². The number of benzene rings is 1. The van der Waals surface area contributed by atoms with E-state index < -0.39 is 24.2 Å². The summed E-state index contributed by atoms with van der Waals surface area (Å²) in [5.41, 5.74) is -0.0141. The summed E-state index contributed by atoms with van der Waals surface area (Å²) < 4.78 is 25.9. The van der Waals surface area contributed by atoms with Crippen molar-refractivity contribution in [1.82, 2.24) is 0 Å². The maximum atomic E-state index is 12.1. The van der Waals surface area contributed by atoms with Crippen molar-refractivity contribution in [2.24, 2.45) is 0 Å². The van der Waals surface area contributed by atoms with Gasteiger partial charge in [0.2, 0.25) is 0 Å². The van der Waals surface area contributed by atoms with Crippen LogP contribution in [0.4, 0.5) is 0 Å². The lowest BCUT2D eigenvalue weighted by Gasteiger charge is -2.33. The fraction of sp³-hybridized carbons (Fsp3) is 0.400. The number of hydrogen-bond donors (Lipinski definition) is 2. The predicted molar refractivity (Wildman–Crippen MR) is 101 cm³/mol. The smallest absolute Gasteiger partial charge is 0.425 e. The Kier molecular flexibility index (Phi) is 10.0. The van der Waals surface area contributed by atoms with Crippen molar-refractivity contribution in [3.8, 4) is 5.75 Å². The Hall–Kier alpha value is -2.72. The molecule has 2 N–H and O–H groups in total. The summed E-state index contributed by atoms with van der Waals surface area (Å²) in [5.74, 6) is -4.63.